The number of methoxy groups -OCH3 is 1. The molecular weight excluding hydrogens is 388 g/mol. The third-order valence-corrected chi connectivity index (χ3v) is 4.07. The number of ether oxygens (including phenoxy) is 2. The summed E-state index contributed by atoms with van der Waals surface area (Å²) in [5.74, 6) is -1.24. The van der Waals surface area contributed by atoms with Crippen LogP contribution in [-0.4, -0.2) is 31.4 Å². The molecule has 0 spiro atoms. The molecule has 0 saturated heterocycles. The summed E-state index contributed by atoms with van der Waals surface area (Å²) >= 11 is 0. The van der Waals surface area contributed by atoms with Gasteiger partial charge in [0.15, 0.2) is 5.76 Å². The van der Waals surface area contributed by atoms with Gasteiger partial charge in [-0.3, -0.25) is 14.4 Å². The fourth-order valence-corrected chi connectivity index (χ4v) is 2.63. The summed E-state index contributed by atoms with van der Waals surface area (Å²) < 4.78 is 15.5. The lowest BCUT2D eigenvalue weighted by Gasteiger charge is -2.18. The van der Waals surface area contributed by atoms with Gasteiger partial charge in [0, 0.05) is 17.3 Å². The first kappa shape index (κ1) is 20.7. The molecule has 0 saturated carbocycles. The maximum absolute atomic E-state index is 12.8. The highest BCUT2D eigenvalue weighted by molar-refractivity contribution is 5.97. The molecule has 1 aromatic heterocycles. The Morgan fingerprint density at radius 2 is 1.80 bits per heavy atom. The molecule has 3 rings (SSSR count). The van der Waals surface area contributed by atoms with E-state index in [0.29, 0.717) is 17.0 Å². The lowest BCUT2D eigenvalue weighted by Crippen LogP contribution is -2.33. The number of esters is 1. The molecule has 0 aliphatic rings. The van der Waals surface area contributed by atoms with E-state index in [-0.39, 0.29) is 5.76 Å². The average molecular weight is 408 g/mol. The van der Waals surface area contributed by atoms with Gasteiger partial charge in [0.1, 0.15) is 12.3 Å². The second-order valence-electron chi connectivity index (χ2n) is 6.16. The molecule has 2 amide bonds. The third kappa shape index (κ3) is 5.48. The first-order chi connectivity index (χ1) is 14.6. The Hall–Kier alpha value is -4.07. The third-order valence-electron chi connectivity index (χ3n) is 4.07. The molecule has 8 heteroatoms. The van der Waals surface area contributed by atoms with Crippen molar-refractivity contribution < 1.29 is 28.3 Å². The Labute approximate surface area is 172 Å². The summed E-state index contributed by atoms with van der Waals surface area (Å²) in [6.07, 6.45) is 0.145. The molecule has 1 heterocycles. The van der Waals surface area contributed by atoms with Crippen molar-refractivity contribution in [2.24, 2.45) is 0 Å². The maximum Gasteiger partial charge on any atom is 0.326 e. The van der Waals surface area contributed by atoms with Crippen LogP contribution in [0.15, 0.2) is 77.4 Å². The van der Waals surface area contributed by atoms with Gasteiger partial charge in [0.25, 0.3) is 11.8 Å². The zero-order valence-corrected chi connectivity index (χ0v) is 16.2. The number of hydrogen-bond acceptors (Lipinski definition) is 6. The van der Waals surface area contributed by atoms with Crippen molar-refractivity contribution in [2.45, 2.75) is 6.10 Å². The van der Waals surface area contributed by atoms with Crippen molar-refractivity contribution in [1.82, 2.24) is 5.32 Å². The van der Waals surface area contributed by atoms with Crippen LogP contribution in [0.3, 0.4) is 0 Å². The number of amides is 2. The second-order valence-corrected chi connectivity index (χ2v) is 6.16. The Kier molecular flexibility index (Phi) is 6.83. The number of anilines is 1. The second kappa shape index (κ2) is 9.92. The molecule has 3 aromatic rings. The molecule has 0 aliphatic carbocycles. The van der Waals surface area contributed by atoms with Crippen molar-refractivity contribution in [2.75, 3.05) is 19.0 Å². The van der Waals surface area contributed by atoms with Crippen molar-refractivity contribution >= 4 is 23.5 Å². The van der Waals surface area contributed by atoms with Crippen LogP contribution in [0.5, 0.6) is 5.75 Å². The van der Waals surface area contributed by atoms with E-state index in [2.05, 4.69) is 10.6 Å². The minimum Gasteiger partial charge on any atom is -0.497 e. The Morgan fingerprint density at radius 3 is 2.50 bits per heavy atom. The molecule has 0 fully saturated rings. The van der Waals surface area contributed by atoms with Gasteiger partial charge < -0.3 is 24.5 Å². The largest absolute Gasteiger partial charge is 0.497 e. The minimum absolute atomic E-state index is 0.0678. The van der Waals surface area contributed by atoms with Crippen LogP contribution in [0.25, 0.3) is 0 Å². The van der Waals surface area contributed by atoms with Gasteiger partial charge in [-0.2, -0.15) is 0 Å². The van der Waals surface area contributed by atoms with Gasteiger partial charge in [-0.1, -0.05) is 36.4 Å². The number of benzene rings is 2. The number of hydrogen-bond donors (Lipinski definition) is 2. The van der Waals surface area contributed by atoms with Gasteiger partial charge in [0.2, 0.25) is 6.10 Å². The molecule has 0 unspecified atom stereocenters. The average Bonchev–Trinajstić information content (AvgIpc) is 3.31. The van der Waals surface area contributed by atoms with E-state index in [0.717, 1.165) is 0 Å². The normalized spacial score (nSPS) is 11.2. The lowest BCUT2D eigenvalue weighted by molar-refractivity contribution is -0.153. The van der Waals surface area contributed by atoms with E-state index in [1.54, 1.807) is 60.7 Å². The highest BCUT2D eigenvalue weighted by Crippen LogP contribution is 2.22. The van der Waals surface area contributed by atoms with Crippen molar-refractivity contribution in [3.8, 4) is 5.75 Å². The molecule has 30 heavy (non-hydrogen) atoms. The highest BCUT2D eigenvalue weighted by Gasteiger charge is 2.25. The number of furan rings is 1. The Morgan fingerprint density at radius 1 is 1.00 bits per heavy atom. The topological polar surface area (TPSA) is 107 Å². The highest BCUT2D eigenvalue weighted by atomic mass is 16.5. The zero-order valence-electron chi connectivity index (χ0n) is 16.2. The molecule has 2 aromatic carbocycles. The predicted molar refractivity (Wildman–Crippen MR) is 108 cm³/mol. The fraction of sp³-hybridized carbons (Fsp3) is 0.136. The molecule has 0 bridgehead atoms. The van der Waals surface area contributed by atoms with Gasteiger partial charge >= 0.3 is 5.97 Å². The van der Waals surface area contributed by atoms with Crippen LogP contribution in [0.2, 0.25) is 0 Å². The van der Waals surface area contributed by atoms with Crippen LogP contribution in [-0.2, 0) is 14.3 Å². The van der Waals surface area contributed by atoms with E-state index >= 15 is 0 Å². The van der Waals surface area contributed by atoms with Gasteiger partial charge in [0.05, 0.1) is 13.4 Å². The summed E-state index contributed by atoms with van der Waals surface area (Å²) in [7, 11) is 1.52. The molecule has 154 valence electrons. The first-order valence-electron chi connectivity index (χ1n) is 9.08. The molecular formula is C22H20N2O6. The molecule has 0 radical (unpaired) electrons. The van der Waals surface area contributed by atoms with Crippen molar-refractivity contribution in [3.05, 3.63) is 84.3 Å². The lowest BCUT2D eigenvalue weighted by atomic mass is 10.1. The summed E-state index contributed by atoms with van der Waals surface area (Å²) in [6, 6.07) is 18.4. The van der Waals surface area contributed by atoms with Crippen molar-refractivity contribution in [1.29, 1.82) is 0 Å². The maximum atomic E-state index is 12.8. The smallest absolute Gasteiger partial charge is 0.326 e. The molecule has 8 nitrogen and oxygen atoms in total. The van der Waals surface area contributed by atoms with Crippen molar-refractivity contribution in [3.63, 3.8) is 0 Å². The Balaban J connectivity index is 1.68. The first-order valence-corrected chi connectivity index (χ1v) is 9.08. The standard InChI is InChI=1S/C22H20N2O6/c1-28-17-10-5-9-16(13-17)24-22(27)20(15-7-3-2-4-8-15)30-19(25)14-23-21(26)18-11-6-12-29-18/h2-13,20H,14H2,1H3,(H,23,26)(H,24,27)/t20-/m1/s1. The van der Waals surface area contributed by atoms with Gasteiger partial charge in [-0.15, -0.1) is 0 Å². The fourth-order valence-electron chi connectivity index (χ4n) is 2.63. The van der Waals surface area contributed by atoms with E-state index < -0.39 is 30.4 Å². The Bertz CT molecular complexity index is 1000. The molecule has 0 aliphatic heterocycles. The van der Waals surface area contributed by atoms with Gasteiger partial charge in [-0.05, 0) is 24.3 Å². The summed E-state index contributed by atoms with van der Waals surface area (Å²) in [4.78, 5) is 37.0. The van der Waals surface area contributed by atoms with E-state index in [1.807, 2.05) is 0 Å². The summed E-state index contributed by atoms with van der Waals surface area (Å²) in [5, 5.41) is 5.10. The monoisotopic (exact) mass is 408 g/mol. The molecule has 2 N–H and O–H groups in total. The summed E-state index contributed by atoms with van der Waals surface area (Å²) in [5.41, 5.74) is 0.978. The van der Waals surface area contributed by atoms with Crippen LogP contribution in [0.4, 0.5) is 5.69 Å². The number of rotatable bonds is 8. The van der Waals surface area contributed by atoms with Crippen LogP contribution in [0.1, 0.15) is 22.2 Å². The number of nitrogens with one attached hydrogen (secondary N) is 2. The molecule has 1 atom stereocenters. The van der Waals surface area contributed by atoms with Crippen LogP contribution in [0, 0.1) is 0 Å². The quantitative estimate of drug-likeness (QED) is 0.555. The summed E-state index contributed by atoms with van der Waals surface area (Å²) in [6.45, 7) is -0.421. The minimum atomic E-state index is -1.20. The number of carbonyl (C=O) groups excluding carboxylic acids is 3. The van der Waals surface area contributed by atoms with E-state index in [4.69, 9.17) is 13.9 Å². The van der Waals surface area contributed by atoms with E-state index in [9.17, 15) is 14.4 Å². The predicted octanol–water partition coefficient (Wildman–Crippen LogP) is 2.94. The SMILES string of the molecule is COc1cccc(NC(=O)[C@H](OC(=O)CNC(=O)c2ccco2)c2ccccc2)c1. The van der Waals surface area contributed by atoms with Gasteiger partial charge in [-0.25, -0.2) is 0 Å². The van der Waals surface area contributed by atoms with Crippen LogP contribution >= 0.6 is 0 Å². The number of carbonyl (C=O) groups is 3. The van der Waals surface area contributed by atoms with E-state index in [1.165, 1.54) is 19.4 Å². The zero-order chi connectivity index (χ0) is 21.3. The van der Waals surface area contributed by atoms with Crippen LogP contribution < -0.4 is 15.4 Å².